The number of imidazole rings is 1. The zero-order valence-electron chi connectivity index (χ0n) is 11.9. The van der Waals surface area contributed by atoms with Crippen LogP contribution in [0.25, 0.3) is 0 Å². The third-order valence-electron chi connectivity index (χ3n) is 3.66. The lowest BCUT2D eigenvalue weighted by molar-refractivity contribution is 0.0835. The normalized spacial score (nSPS) is 19.8. The molecule has 2 aromatic heterocycles. The van der Waals surface area contributed by atoms with E-state index in [1.54, 1.807) is 6.26 Å². The van der Waals surface area contributed by atoms with Gasteiger partial charge in [-0.05, 0) is 19.1 Å². The molecule has 1 aliphatic rings. The number of rotatable bonds is 5. The highest BCUT2D eigenvalue weighted by atomic mass is 16.5. The molecule has 1 unspecified atom stereocenters. The Morgan fingerprint density at radius 3 is 3.20 bits per heavy atom. The largest absolute Gasteiger partial charge is 0.468 e. The van der Waals surface area contributed by atoms with E-state index in [1.165, 1.54) is 0 Å². The Hall–Kier alpha value is -1.59. The Morgan fingerprint density at radius 1 is 1.45 bits per heavy atom. The quantitative estimate of drug-likeness (QED) is 0.838. The Balaban J connectivity index is 1.73. The minimum atomic E-state index is 0.486. The summed E-state index contributed by atoms with van der Waals surface area (Å²) in [6, 6.07) is 3.96. The van der Waals surface area contributed by atoms with Crippen molar-refractivity contribution in [2.24, 2.45) is 5.92 Å². The fourth-order valence-corrected chi connectivity index (χ4v) is 2.76. The zero-order valence-corrected chi connectivity index (χ0v) is 11.9. The van der Waals surface area contributed by atoms with Crippen LogP contribution < -0.4 is 0 Å². The molecule has 0 aromatic carbocycles. The van der Waals surface area contributed by atoms with Crippen molar-refractivity contribution in [2.45, 2.75) is 26.6 Å². The molecule has 0 spiro atoms. The first-order valence-electron chi connectivity index (χ1n) is 7.17. The third-order valence-corrected chi connectivity index (χ3v) is 3.66. The first-order chi connectivity index (χ1) is 9.85. The number of ether oxygens (including phenoxy) is 1. The first kappa shape index (κ1) is 13.4. The van der Waals surface area contributed by atoms with Gasteiger partial charge >= 0.3 is 0 Å². The smallest absolute Gasteiger partial charge is 0.122 e. The number of nitrogens with zero attached hydrogens (tertiary/aromatic N) is 3. The van der Waals surface area contributed by atoms with Gasteiger partial charge in [-0.1, -0.05) is 0 Å². The Morgan fingerprint density at radius 2 is 2.40 bits per heavy atom. The highest BCUT2D eigenvalue weighted by Crippen LogP contribution is 2.18. The van der Waals surface area contributed by atoms with Gasteiger partial charge in [-0.2, -0.15) is 0 Å². The van der Waals surface area contributed by atoms with Gasteiger partial charge in [0.2, 0.25) is 0 Å². The topological polar surface area (TPSA) is 43.4 Å². The van der Waals surface area contributed by atoms with Gasteiger partial charge in [-0.15, -0.1) is 0 Å². The van der Waals surface area contributed by atoms with Gasteiger partial charge in [0.15, 0.2) is 0 Å². The lowest BCUT2D eigenvalue weighted by Gasteiger charge is -2.22. The number of aromatic nitrogens is 2. The van der Waals surface area contributed by atoms with E-state index in [0.717, 1.165) is 51.0 Å². The fraction of sp³-hybridized carbons (Fsp3) is 0.533. The number of furan rings is 1. The summed E-state index contributed by atoms with van der Waals surface area (Å²) >= 11 is 0. The third kappa shape index (κ3) is 3.11. The molecule has 0 aliphatic carbocycles. The van der Waals surface area contributed by atoms with Crippen molar-refractivity contribution in [1.29, 1.82) is 0 Å². The molecule has 3 rings (SSSR count). The van der Waals surface area contributed by atoms with Crippen LogP contribution in [0.3, 0.4) is 0 Å². The maximum absolute atomic E-state index is 5.62. The first-order valence-corrected chi connectivity index (χ1v) is 7.17. The molecule has 0 N–H and O–H groups in total. The van der Waals surface area contributed by atoms with Gasteiger partial charge in [-0.25, -0.2) is 4.98 Å². The van der Waals surface area contributed by atoms with Crippen molar-refractivity contribution in [1.82, 2.24) is 14.5 Å². The summed E-state index contributed by atoms with van der Waals surface area (Å²) in [7, 11) is 0. The van der Waals surface area contributed by atoms with Crippen LogP contribution in [-0.4, -0.2) is 34.2 Å². The van der Waals surface area contributed by atoms with Gasteiger partial charge in [0, 0.05) is 38.0 Å². The number of hydrogen-bond acceptors (Lipinski definition) is 4. The predicted molar refractivity (Wildman–Crippen MR) is 75.0 cm³/mol. The summed E-state index contributed by atoms with van der Waals surface area (Å²) in [4.78, 5) is 6.84. The number of fused-ring (bicyclic) bond motifs is 1. The van der Waals surface area contributed by atoms with Crippen molar-refractivity contribution in [3.8, 4) is 0 Å². The van der Waals surface area contributed by atoms with Crippen molar-refractivity contribution in [2.75, 3.05) is 19.8 Å². The van der Waals surface area contributed by atoms with Gasteiger partial charge < -0.3 is 13.7 Å². The second-order valence-corrected chi connectivity index (χ2v) is 5.27. The standard InChI is InChI=1S/C15H21N3O2/c1-2-19-12-13-8-17(10-14-4-3-7-20-14)11-15-16-5-6-18(15)9-13/h3-7,13H,2,8-12H2,1H3. The van der Waals surface area contributed by atoms with Gasteiger partial charge in [-0.3, -0.25) is 4.90 Å². The maximum atomic E-state index is 5.62. The minimum absolute atomic E-state index is 0.486. The van der Waals surface area contributed by atoms with Crippen LogP contribution in [-0.2, 0) is 24.4 Å². The van der Waals surface area contributed by atoms with E-state index >= 15 is 0 Å². The van der Waals surface area contributed by atoms with Crippen molar-refractivity contribution >= 4 is 0 Å². The molecule has 0 bridgehead atoms. The monoisotopic (exact) mass is 275 g/mol. The average molecular weight is 275 g/mol. The van der Waals surface area contributed by atoms with Crippen molar-refractivity contribution in [3.63, 3.8) is 0 Å². The van der Waals surface area contributed by atoms with Crippen LogP contribution in [0.4, 0.5) is 0 Å². The molecule has 20 heavy (non-hydrogen) atoms. The summed E-state index contributed by atoms with van der Waals surface area (Å²) in [5.41, 5.74) is 0. The van der Waals surface area contributed by atoms with E-state index < -0.39 is 0 Å². The molecule has 1 atom stereocenters. The molecule has 0 amide bonds. The summed E-state index contributed by atoms with van der Waals surface area (Å²) in [5.74, 6) is 2.61. The van der Waals surface area contributed by atoms with E-state index in [0.29, 0.717) is 5.92 Å². The minimum Gasteiger partial charge on any atom is -0.468 e. The molecule has 2 aromatic rings. The van der Waals surface area contributed by atoms with Crippen LogP contribution in [0.5, 0.6) is 0 Å². The highest BCUT2D eigenvalue weighted by Gasteiger charge is 2.23. The van der Waals surface area contributed by atoms with E-state index in [4.69, 9.17) is 9.15 Å². The lowest BCUT2D eigenvalue weighted by atomic mass is 10.1. The summed E-state index contributed by atoms with van der Waals surface area (Å²) < 4.78 is 13.3. The molecule has 108 valence electrons. The molecule has 3 heterocycles. The maximum Gasteiger partial charge on any atom is 0.122 e. The molecule has 0 saturated heterocycles. The van der Waals surface area contributed by atoms with Crippen LogP contribution in [0.2, 0.25) is 0 Å². The van der Waals surface area contributed by atoms with Gasteiger partial charge in [0.05, 0.1) is 26.0 Å². The Kier molecular flexibility index (Phi) is 4.18. The second-order valence-electron chi connectivity index (χ2n) is 5.27. The van der Waals surface area contributed by atoms with Crippen LogP contribution in [0.1, 0.15) is 18.5 Å². The lowest BCUT2D eigenvalue weighted by Crippen LogP contribution is -2.30. The molecule has 5 nitrogen and oxygen atoms in total. The SMILES string of the molecule is CCOCC1CN(Cc2ccco2)Cc2nccn2C1. The summed E-state index contributed by atoms with van der Waals surface area (Å²) in [6.07, 6.45) is 5.67. The Bertz CT molecular complexity index is 521. The van der Waals surface area contributed by atoms with E-state index in [1.807, 2.05) is 25.3 Å². The van der Waals surface area contributed by atoms with Crippen molar-refractivity contribution in [3.05, 3.63) is 42.4 Å². The van der Waals surface area contributed by atoms with Crippen molar-refractivity contribution < 1.29 is 9.15 Å². The van der Waals surface area contributed by atoms with Crippen LogP contribution in [0.15, 0.2) is 35.2 Å². The molecular weight excluding hydrogens is 254 g/mol. The molecule has 0 fully saturated rings. The molecule has 0 radical (unpaired) electrons. The van der Waals surface area contributed by atoms with Gasteiger partial charge in [0.25, 0.3) is 0 Å². The van der Waals surface area contributed by atoms with Crippen LogP contribution in [0, 0.1) is 5.92 Å². The van der Waals surface area contributed by atoms with E-state index in [-0.39, 0.29) is 0 Å². The summed E-state index contributed by atoms with van der Waals surface area (Å²) in [5, 5.41) is 0. The van der Waals surface area contributed by atoms with Gasteiger partial charge in [0.1, 0.15) is 11.6 Å². The molecular formula is C15H21N3O2. The predicted octanol–water partition coefficient (Wildman–Crippen LogP) is 2.14. The molecule has 5 heteroatoms. The summed E-state index contributed by atoms with van der Waals surface area (Å²) in [6.45, 7) is 7.26. The molecule has 0 saturated carbocycles. The zero-order chi connectivity index (χ0) is 13.8. The van der Waals surface area contributed by atoms with E-state index in [9.17, 15) is 0 Å². The Labute approximate surface area is 119 Å². The van der Waals surface area contributed by atoms with E-state index in [2.05, 4.69) is 20.6 Å². The highest BCUT2D eigenvalue weighted by molar-refractivity contribution is 5.00. The number of hydrogen-bond donors (Lipinski definition) is 0. The average Bonchev–Trinajstić information content (AvgIpc) is 3.06. The van der Waals surface area contributed by atoms with Crippen LogP contribution >= 0.6 is 0 Å². The second kappa shape index (κ2) is 6.24. The molecule has 1 aliphatic heterocycles. The fourth-order valence-electron chi connectivity index (χ4n) is 2.76.